The first-order valence-electron chi connectivity index (χ1n) is 9.28. The van der Waals surface area contributed by atoms with Crippen LogP contribution in [0.3, 0.4) is 0 Å². The Kier molecular flexibility index (Phi) is 4.73. The first-order valence-corrected chi connectivity index (χ1v) is 9.28. The smallest absolute Gasteiger partial charge is 0.259 e. The summed E-state index contributed by atoms with van der Waals surface area (Å²) in [5, 5.41) is 21.7. The van der Waals surface area contributed by atoms with Crippen molar-refractivity contribution in [3.63, 3.8) is 0 Å². The van der Waals surface area contributed by atoms with Crippen LogP contribution in [0.1, 0.15) is 34.6 Å². The van der Waals surface area contributed by atoms with E-state index in [0.29, 0.717) is 5.69 Å². The third kappa shape index (κ3) is 3.31. The van der Waals surface area contributed by atoms with E-state index < -0.39 is 5.91 Å². The number of rotatable bonds is 4. The van der Waals surface area contributed by atoms with E-state index in [0.717, 1.165) is 48.6 Å². The maximum Gasteiger partial charge on any atom is 0.259 e. The molecular formula is C21H22N4O3. The first-order chi connectivity index (χ1) is 13.6. The van der Waals surface area contributed by atoms with Gasteiger partial charge in [0, 0.05) is 24.2 Å². The van der Waals surface area contributed by atoms with Crippen molar-refractivity contribution in [2.24, 2.45) is 0 Å². The molecule has 1 aliphatic heterocycles. The molecule has 0 radical (unpaired) electrons. The Balaban J connectivity index is 1.55. The van der Waals surface area contributed by atoms with Crippen molar-refractivity contribution in [3.05, 3.63) is 53.3 Å². The maximum absolute atomic E-state index is 12.6. The highest BCUT2D eigenvalue weighted by Gasteiger charge is 2.18. The summed E-state index contributed by atoms with van der Waals surface area (Å²) in [6, 6.07) is 10.8. The lowest BCUT2D eigenvalue weighted by molar-refractivity contribution is 0.102. The molecule has 7 heteroatoms. The summed E-state index contributed by atoms with van der Waals surface area (Å²) < 4.78 is 7.29. The van der Waals surface area contributed by atoms with Crippen LogP contribution in [-0.2, 0) is 13.0 Å². The minimum Gasteiger partial charge on any atom is -0.504 e. The van der Waals surface area contributed by atoms with Crippen LogP contribution in [0.25, 0.3) is 11.4 Å². The predicted molar refractivity (Wildman–Crippen MR) is 106 cm³/mol. The van der Waals surface area contributed by atoms with E-state index in [-0.39, 0.29) is 17.1 Å². The zero-order valence-corrected chi connectivity index (χ0v) is 15.9. The summed E-state index contributed by atoms with van der Waals surface area (Å²) >= 11 is 0. The number of aryl methyl sites for hydroxylation is 2. The minimum atomic E-state index is -0.396. The number of benzene rings is 2. The number of phenolic OH excluding ortho intramolecular Hbond substituents is 1. The molecule has 0 bridgehead atoms. The van der Waals surface area contributed by atoms with Gasteiger partial charge in [0.05, 0.1) is 12.7 Å². The quantitative estimate of drug-likeness (QED) is 0.725. The number of carbonyl (C=O) groups is 1. The number of ether oxygens (including phenoxy) is 1. The van der Waals surface area contributed by atoms with Gasteiger partial charge in [0.1, 0.15) is 5.82 Å². The second-order valence-electron chi connectivity index (χ2n) is 6.94. The van der Waals surface area contributed by atoms with Gasteiger partial charge in [-0.1, -0.05) is 0 Å². The van der Waals surface area contributed by atoms with Crippen LogP contribution in [0.4, 0.5) is 5.69 Å². The zero-order chi connectivity index (χ0) is 19.7. The number of phenols is 1. The summed E-state index contributed by atoms with van der Waals surface area (Å²) in [4.78, 5) is 12.6. The van der Waals surface area contributed by atoms with Gasteiger partial charge in [-0.2, -0.15) is 0 Å². The Morgan fingerprint density at radius 3 is 2.71 bits per heavy atom. The lowest BCUT2D eigenvalue weighted by atomic mass is 10.1. The molecule has 0 atom stereocenters. The molecule has 144 valence electrons. The highest BCUT2D eigenvalue weighted by atomic mass is 16.5. The van der Waals surface area contributed by atoms with Gasteiger partial charge in [-0.3, -0.25) is 4.79 Å². The second kappa shape index (κ2) is 7.34. The number of carbonyl (C=O) groups excluding carboxylic acids is 1. The van der Waals surface area contributed by atoms with E-state index in [9.17, 15) is 9.90 Å². The third-order valence-electron chi connectivity index (χ3n) is 4.94. The Bertz CT molecular complexity index is 1020. The number of fused-ring (bicyclic) bond motifs is 1. The van der Waals surface area contributed by atoms with E-state index in [2.05, 4.69) is 20.1 Å². The van der Waals surface area contributed by atoms with Gasteiger partial charge in [0.15, 0.2) is 17.3 Å². The Morgan fingerprint density at radius 1 is 1.18 bits per heavy atom. The van der Waals surface area contributed by atoms with Gasteiger partial charge >= 0.3 is 0 Å². The topological polar surface area (TPSA) is 89.3 Å². The predicted octanol–water partition coefficient (Wildman–Crippen LogP) is 3.56. The molecule has 2 aromatic carbocycles. The fraction of sp³-hybridized carbons (Fsp3) is 0.286. The number of methoxy groups -OCH3 is 1. The van der Waals surface area contributed by atoms with Crippen LogP contribution in [0.2, 0.25) is 0 Å². The molecule has 28 heavy (non-hydrogen) atoms. The molecule has 1 amide bonds. The monoisotopic (exact) mass is 378 g/mol. The molecule has 0 saturated heterocycles. The van der Waals surface area contributed by atoms with Crippen molar-refractivity contribution in [2.45, 2.75) is 32.7 Å². The number of hydrogen-bond acceptors (Lipinski definition) is 5. The van der Waals surface area contributed by atoms with Crippen LogP contribution in [-0.4, -0.2) is 32.9 Å². The molecule has 2 heterocycles. The third-order valence-corrected chi connectivity index (χ3v) is 4.94. The highest BCUT2D eigenvalue weighted by molar-refractivity contribution is 6.06. The van der Waals surface area contributed by atoms with E-state index >= 15 is 0 Å². The molecule has 1 aromatic heterocycles. The van der Waals surface area contributed by atoms with Crippen LogP contribution < -0.4 is 10.1 Å². The summed E-state index contributed by atoms with van der Waals surface area (Å²) in [7, 11) is 1.46. The summed E-state index contributed by atoms with van der Waals surface area (Å²) in [5.74, 6) is 1.60. The number of amides is 1. The van der Waals surface area contributed by atoms with Gasteiger partial charge < -0.3 is 19.7 Å². The van der Waals surface area contributed by atoms with Gasteiger partial charge in [0.25, 0.3) is 5.91 Å². The SMILES string of the molecule is COc1cc(C)cc(C(=O)Nc2ccc(-c3nnc4n3CCCC4)cc2)c1O. The molecule has 2 N–H and O–H groups in total. The van der Waals surface area contributed by atoms with E-state index in [1.165, 1.54) is 7.11 Å². The highest BCUT2D eigenvalue weighted by Crippen LogP contribution is 2.32. The van der Waals surface area contributed by atoms with Crippen molar-refractivity contribution in [1.29, 1.82) is 0 Å². The number of nitrogens with one attached hydrogen (secondary N) is 1. The molecule has 7 nitrogen and oxygen atoms in total. The summed E-state index contributed by atoms with van der Waals surface area (Å²) in [6.45, 7) is 2.78. The van der Waals surface area contributed by atoms with Crippen molar-refractivity contribution in [3.8, 4) is 22.9 Å². The molecule has 0 unspecified atom stereocenters. The molecule has 1 aliphatic rings. The van der Waals surface area contributed by atoms with Crippen LogP contribution in [0.5, 0.6) is 11.5 Å². The van der Waals surface area contributed by atoms with E-state index in [1.54, 1.807) is 12.1 Å². The van der Waals surface area contributed by atoms with Gasteiger partial charge in [-0.05, 0) is 61.7 Å². The van der Waals surface area contributed by atoms with E-state index in [4.69, 9.17) is 4.74 Å². The number of aromatic hydroxyl groups is 1. The maximum atomic E-state index is 12.6. The molecule has 4 rings (SSSR count). The fourth-order valence-electron chi connectivity index (χ4n) is 3.50. The summed E-state index contributed by atoms with van der Waals surface area (Å²) in [5.41, 5.74) is 2.59. The normalized spacial score (nSPS) is 13.1. The Hall–Kier alpha value is -3.35. The van der Waals surface area contributed by atoms with Gasteiger partial charge in [0.2, 0.25) is 0 Å². The largest absolute Gasteiger partial charge is 0.504 e. The molecule has 0 saturated carbocycles. The lowest BCUT2D eigenvalue weighted by Gasteiger charge is -2.15. The number of aromatic nitrogens is 3. The van der Waals surface area contributed by atoms with E-state index in [1.807, 2.05) is 31.2 Å². The van der Waals surface area contributed by atoms with Crippen molar-refractivity contribution in [1.82, 2.24) is 14.8 Å². The minimum absolute atomic E-state index is 0.169. The fourth-order valence-corrected chi connectivity index (χ4v) is 3.50. The van der Waals surface area contributed by atoms with Gasteiger partial charge in [-0.15, -0.1) is 10.2 Å². The van der Waals surface area contributed by atoms with Crippen molar-refractivity contribution in [2.75, 3.05) is 12.4 Å². The lowest BCUT2D eigenvalue weighted by Crippen LogP contribution is -2.13. The Labute approximate surface area is 163 Å². The van der Waals surface area contributed by atoms with Gasteiger partial charge in [-0.25, -0.2) is 0 Å². The number of nitrogens with zero attached hydrogens (tertiary/aromatic N) is 3. The van der Waals surface area contributed by atoms with Crippen molar-refractivity contribution >= 4 is 11.6 Å². The molecule has 0 spiro atoms. The van der Waals surface area contributed by atoms with Crippen LogP contribution in [0.15, 0.2) is 36.4 Å². The van der Waals surface area contributed by atoms with Crippen LogP contribution in [0, 0.1) is 6.92 Å². The summed E-state index contributed by atoms with van der Waals surface area (Å²) in [6.07, 6.45) is 3.25. The first kappa shape index (κ1) is 18.0. The molecule has 0 fully saturated rings. The average molecular weight is 378 g/mol. The molecular weight excluding hydrogens is 356 g/mol. The zero-order valence-electron chi connectivity index (χ0n) is 15.9. The van der Waals surface area contributed by atoms with Crippen molar-refractivity contribution < 1.29 is 14.6 Å². The number of anilines is 1. The average Bonchev–Trinajstić information content (AvgIpc) is 3.14. The van der Waals surface area contributed by atoms with Crippen LogP contribution >= 0.6 is 0 Å². The number of hydrogen-bond donors (Lipinski definition) is 2. The Morgan fingerprint density at radius 2 is 1.96 bits per heavy atom. The second-order valence-corrected chi connectivity index (χ2v) is 6.94. The standard InChI is InChI=1S/C21H22N4O3/c1-13-11-16(19(26)17(12-13)28-2)21(27)22-15-8-6-14(7-9-15)20-24-23-18-5-3-4-10-25(18)20/h6-9,11-12,26H,3-5,10H2,1-2H3,(H,22,27). The molecule has 0 aliphatic carbocycles. The molecule has 3 aromatic rings.